The van der Waals surface area contributed by atoms with Gasteiger partial charge >= 0.3 is 41.4 Å². The number of rotatable bonds is 12. The minimum absolute atomic E-state index is 0. The van der Waals surface area contributed by atoms with E-state index in [9.17, 15) is 19.4 Å². The van der Waals surface area contributed by atoms with Crippen LogP contribution in [0.3, 0.4) is 0 Å². The van der Waals surface area contributed by atoms with Crippen LogP contribution in [0.5, 0.6) is 0 Å². The molecule has 8 heteroatoms. The van der Waals surface area contributed by atoms with Crippen molar-refractivity contribution >= 4 is 5.97 Å². The molecular formula is C20H33F2NaO5. The Morgan fingerprint density at radius 2 is 2.11 bits per heavy atom. The number of carboxylic acids is 1. The summed E-state index contributed by atoms with van der Waals surface area (Å²) in [6.07, 6.45) is 2.74. The summed E-state index contributed by atoms with van der Waals surface area (Å²) in [4.78, 5) is 10.5. The second-order valence-electron chi connectivity index (χ2n) is 7.82. The Hall–Kier alpha value is -0.210. The van der Waals surface area contributed by atoms with Crippen molar-refractivity contribution in [1.29, 1.82) is 0 Å². The van der Waals surface area contributed by atoms with Gasteiger partial charge in [0.1, 0.15) is 6.17 Å². The molecule has 0 radical (unpaired) electrons. The van der Waals surface area contributed by atoms with E-state index in [1.807, 2.05) is 6.92 Å². The van der Waals surface area contributed by atoms with E-state index in [-0.39, 0.29) is 55.5 Å². The molecule has 6 atom stereocenters. The standard InChI is InChI=1S/C20H32F2O5.Na.H/c1-2-3-6-15(21)17(24)11-9-13-14(10-12-16(13)23)20(22)18(27-20)7-4-5-8-19(25)26;;/h7,13-17,23-24H,2-6,8-12H2,1H3,(H,25,26);;/q;+1;-1/b18-7+;;/t13-,14+,15+,16-,17-,20?;;/m1../s1. The first-order valence-corrected chi connectivity index (χ1v) is 10.1. The Kier molecular flexibility index (Phi) is 10.9. The van der Waals surface area contributed by atoms with Gasteiger partial charge in [0.2, 0.25) is 0 Å². The van der Waals surface area contributed by atoms with E-state index in [2.05, 4.69) is 0 Å². The van der Waals surface area contributed by atoms with Crippen LogP contribution in [0.15, 0.2) is 11.8 Å². The molecule has 28 heavy (non-hydrogen) atoms. The smallest absolute Gasteiger partial charge is 1.00 e. The zero-order chi connectivity index (χ0) is 20.0. The predicted octanol–water partition coefficient (Wildman–Crippen LogP) is 0.994. The van der Waals surface area contributed by atoms with Gasteiger partial charge in [-0.25, -0.2) is 4.39 Å². The van der Waals surface area contributed by atoms with Gasteiger partial charge in [-0.3, -0.25) is 4.79 Å². The van der Waals surface area contributed by atoms with E-state index in [1.54, 1.807) is 6.08 Å². The number of carboxylic acid groups (broad SMARTS) is 1. The van der Waals surface area contributed by atoms with Gasteiger partial charge in [0.25, 0.3) is 0 Å². The summed E-state index contributed by atoms with van der Waals surface area (Å²) in [6.45, 7) is 1.96. The number of hydrogen-bond acceptors (Lipinski definition) is 4. The second kappa shape index (κ2) is 11.8. The van der Waals surface area contributed by atoms with Crippen LogP contribution in [0.2, 0.25) is 0 Å². The third kappa shape index (κ3) is 6.94. The molecule has 0 aromatic carbocycles. The monoisotopic (exact) mass is 414 g/mol. The van der Waals surface area contributed by atoms with E-state index < -0.39 is 36.1 Å². The molecule has 3 N–H and O–H groups in total. The Labute approximate surface area is 189 Å². The number of unbranched alkanes of at least 4 members (excludes halogenated alkanes) is 2. The van der Waals surface area contributed by atoms with Gasteiger partial charge in [-0.2, -0.15) is 4.39 Å². The first-order chi connectivity index (χ1) is 12.8. The summed E-state index contributed by atoms with van der Waals surface area (Å²) in [5.74, 6) is -3.48. The molecule has 2 aliphatic rings. The summed E-state index contributed by atoms with van der Waals surface area (Å²) in [7, 11) is 0. The van der Waals surface area contributed by atoms with Crippen LogP contribution >= 0.6 is 0 Å². The average molecular weight is 414 g/mol. The van der Waals surface area contributed by atoms with Crippen LogP contribution in [0, 0.1) is 11.8 Å². The fourth-order valence-electron chi connectivity index (χ4n) is 4.10. The molecule has 0 aromatic heterocycles. The Morgan fingerprint density at radius 1 is 1.39 bits per heavy atom. The van der Waals surface area contributed by atoms with Crippen molar-refractivity contribution in [2.24, 2.45) is 11.8 Å². The molecule has 1 saturated carbocycles. The largest absolute Gasteiger partial charge is 1.00 e. The van der Waals surface area contributed by atoms with Crippen LogP contribution in [0.1, 0.15) is 72.6 Å². The minimum atomic E-state index is -1.91. The van der Waals surface area contributed by atoms with Gasteiger partial charge in [-0.15, -0.1) is 0 Å². The number of aliphatic hydroxyl groups excluding tert-OH is 2. The maximum atomic E-state index is 15.1. The van der Waals surface area contributed by atoms with Gasteiger partial charge in [0.15, 0.2) is 5.76 Å². The molecule has 158 valence electrons. The number of halogens is 2. The fraction of sp³-hybridized carbons (Fsp3) is 0.850. The summed E-state index contributed by atoms with van der Waals surface area (Å²) in [5, 5.41) is 28.8. The van der Waals surface area contributed by atoms with Gasteiger partial charge in [0.05, 0.1) is 12.2 Å². The fourth-order valence-corrected chi connectivity index (χ4v) is 4.10. The summed E-state index contributed by atoms with van der Waals surface area (Å²) in [5.41, 5.74) is 0. The van der Waals surface area contributed by atoms with Crippen molar-refractivity contribution in [2.45, 2.75) is 95.4 Å². The van der Waals surface area contributed by atoms with Crippen LogP contribution in [0.4, 0.5) is 8.78 Å². The number of aliphatic hydroxyl groups is 2. The maximum Gasteiger partial charge on any atom is 1.00 e. The van der Waals surface area contributed by atoms with Crippen LogP contribution in [0.25, 0.3) is 0 Å². The van der Waals surface area contributed by atoms with Crippen molar-refractivity contribution in [3.8, 4) is 0 Å². The first kappa shape index (κ1) is 25.8. The van der Waals surface area contributed by atoms with Gasteiger partial charge < -0.3 is 21.5 Å². The quantitative estimate of drug-likeness (QED) is 0.252. The number of allylic oxidation sites excluding steroid dienone is 1. The number of hydrogen-bond donors (Lipinski definition) is 3. The summed E-state index contributed by atoms with van der Waals surface area (Å²) >= 11 is 0. The van der Waals surface area contributed by atoms with E-state index in [0.29, 0.717) is 44.9 Å². The van der Waals surface area contributed by atoms with Crippen molar-refractivity contribution in [1.82, 2.24) is 0 Å². The Bertz CT molecular complexity index is 539. The number of epoxide rings is 1. The van der Waals surface area contributed by atoms with Crippen molar-refractivity contribution < 1.29 is 64.6 Å². The average Bonchev–Trinajstić information content (AvgIpc) is 3.13. The van der Waals surface area contributed by atoms with Gasteiger partial charge in [0, 0.05) is 12.3 Å². The van der Waals surface area contributed by atoms with Crippen molar-refractivity contribution in [3.63, 3.8) is 0 Å². The maximum absolute atomic E-state index is 15.1. The Balaban J connectivity index is 0.00000392. The molecule has 1 saturated heterocycles. The minimum Gasteiger partial charge on any atom is -1.00 e. The van der Waals surface area contributed by atoms with Crippen molar-refractivity contribution in [2.75, 3.05) is 0 Å². The van der Waals surface area contributed by atoms with Crippen molar-refractivity contribution in [3.05, 3.63) is 11.8 Å². The normalized spacial score (nSPS) is 32.5. The number of ether oxygens (including phenoxy) is 1. The number of alkyl halides is 2. The van der Waals surface area contributed by atoms with E-state index in [0.717, 1.165) is 6.42 Å². The predicted molar refractivity (Wildman–Crippen MR) is 97.5 cm³/mol. The van der Waals surface area contributed by atoms with Gasteiger partial charge in [-0.05, 0) is 56.9 Å². The zero-order valence-electron chi connectivity index (χ0n) is 17.9. The third-order valence-corrected chi connectivity index (χ3v) is 5.79. The summed E-state index contributed by atoms with van der Waals surface area (Å²) in [6, 6.07) is 0. The Morgan fingerprint density at radius 3 is 2.75 bits per heavy atom. The first-order valence-electron chi connectivity index (χ1n) is 10.1. The summed E-state index contributed by atoms with van der Waals surface area (Å²) < 4.78 is 34.2. The molecule has 1 aliphatic carbocycles. The van der Waals surface area contributed by atoms with Gasteiger partial charge in [-0.1, -0.05) is 19.8 Å². The second-order valence-corrected chi connectivity index (χ2v) is 7.82. The SMILES string of the molecule is CCCC[C@H](F)[C@H](O)CC[C@H]1[C@H](O)CC[C@@H]1C1(F)O/C1=C/CCCC(=O)O.[H-].[Na+]. The van der Waals surface area contributed by atoms with E-state index >= 15 is 4.39 Å². The molecule has 0 aromatic rings. The molecule has 1 heterocycles. The molecule has 5 nitrogen and oxygen atoms in total. The van der Waals surface area contributed by atoms with E-state index in [1.165, 1.54) is 0 Å². The molecule has 0 bridgehead atoms. The molecule has 1 aliphatic heterocycles. The zero-order valence-corrected chi connectivity index (χ0v) is 18.9. The number of carbonyl (C=O) groups is 1. The van der Waals surface area contributed by atoms with E-state index in [4.69, 9.17) is 9.84 Å². The van der Waals surface area contributed by atoms with Crippen LogP contribution in [-0.2, 0) is 9.53 Å². The number of aliphatic carboxylic acids is 1. The molecule has 2 rings (SSSR count). The van der Waals surface area contributed by atoms with Crippen LogP contribution < -0.4 is 29.6 Å². The third-order valence-electron chi connectivity index (χ3n) is 5.79. The molecule has 0 spiro atoms. The molecule has 2 fully saturated rings. The van der Waals surface area contributed by atoms with Crippen LogP contribution in [-0.4, -0.2) is 45.5 Å². The molecule has 0 amide bonds. The topological polar surface area (TPSA) is 90.3 Å². The molecule has 1 unspecified atom stereocenters. The molecular weight excluding hydrogens is 381 g/mol.